The second kappa shape index (κ2) is 5.46. The standard InChI is InChI=1S/C15H21NO/c1-12-8-14(12)10-16(2)11-15(17)9-13-6-4-3-5-7-13/h3-7,12,14H,8-11H2,1-2H3. The third-order valence-electron chi connectivity index (χ3n) is 3.51. The van der Waals surface area contributed by atoms with E-state index >= 15 is 0 Å². The van der Waals surface area contributed by atoms with Crippen LogP contribution in [0.25, 0.3) is 0 Å². The van der Waals surface area contributed by atoms with Crippen molar-refractivity contribution in [2.24, 2.45) is 11.8 Å². The van der Waals surface area contributed by atoms with Crippen LogP contribution >= 0.6 is 0 Å². The zero-order valence-corrected chi connectivity index (χ0v) is 10.7. The molecule has 1 aliphatic carbocycles. The summed E-state index contributed by atoms with van der Waals surface area (Å²) in [6.07, 6.45) is 1.89. The lowest BCUT2D eigenvalue weighted by Crippen LogP contribution is -2.29. The van der Waals surface area contributed by atoms with Gasteiger partial charge in [0.15, 0.2) is 5.78 Å². The summed E-state index contributed by atoms with van der Waals surface area (Å²) in [6, 6.07) is 9.98. The maximum Gasteiger partial charge on any atom is 0.151 e. The minimum Gasteiger partial charge on any atom is -0.299 e. The van der Waals surface area contributed by atoms with Gasteiger partial charge in [0.2, 0.25) is 0 Å². The fourth-order valence-corrected chi connectivity index (χ4v) is 2.30. The second-order valence-corrected chi connectivity index (χ2v) is 5.37. The highest BCUT2D eigenvalue weighted by Gasteiger charge is 2.33. The van der Waals surface area contributed by atoms with Gasteiger partial charge in [-0.1, -0.05) is 37.3 Å². The fourth-order valence-electron chi connectivity index (χ4n) is 2.30. The summed E-state index contributed by atoms with van der Waals surface area (Å²) in [5, 5.41) is 0. The molecule has 2 unspecified atom stereocenters. The van der Waals surface area contributed by atoms with Crippen molar-refractivity contribution in [3.63, 3.8) is 0 Å². The molecule has 1 fully saturated rings. The molecule has 17 heavy (non-hydrogen) atoms. The maximum atomic E-state index is 11.9. The van der Waals surface area contributed by atoms with Crippen molar-refractivity contribution in [3.8, 4) is 0 Å². The number of likely N-dealkylation sites (N-methyl/N-ethyl adjacent to an activating group) is 1. The summed E-state index contributed by atoms with van der Waals surface area (Å²) in [4.78, 5) is 14.0. The van der Waals surface area contributed by atoms with Crippen LogP contribution in [0.4, 0.5) is 0 Å². The summed E-state index contributed by atoms with van der Waals surface area (Å²) < 4.78 is 0. The lowest BCUT2D eigenvalue weighted by atomic mass is 10.1. The van der Waals surface area contributed by atoms with E-state index in [0.717, 1.165) is 23.9 Å². The van der Waals surface area contributed by atoms with Crippen LogP contribution < -0.4 is 0 Å². The number of carbonyl (C=O) groups excluding carboxylic acids is 1. The van der Waals surface area contributed by atoms with Gasteiger partial charge in [0.1, 0.15) is 0 Å². The van der Waals surface area contributed by atoms with Crippen LogP contribution in [0.1, 0.15) is 18.9 Å². The number of rotatable bonds is 6. The lowest BCUT2D eigenvalue weighted by molar-refractivity contribution is -0.119. The molecule has 0 amide bonds. The molecule has 2 heteroatoms. The first-order valence-electron chi connectivity index (χ1n) is 6.39. The first kappa shape index (κ1) is 12.3. The highest BCUT2D eigenvalue weighted by atomic mass is 16.1. The minimum absolute atomic E-state index is 0.312. The van der Waals surface area contributed by atoms with Crippen molar-refractivity contribution in [2.75, 3.05) is 20.1 Å². The Morgan fingerprint density at radius 2 is 2.00 bits per heavy atom. The Kier molecular flexibility index (Phi) is 3.95. The van der Waals surface area contributed by atoms with E-state index < -0.39 is 0 Å². The maximum absolute atomic E-state index is 11.9. The number of Topliss-reactive ketones (excluding diaryl/α,β-unsaturated/α-hetero) is 1. The number of carbonyl (C=O) groups is 1. The number of ketones is 1. The highest BCUT2D eigenvalue weighted by molar-refractivity contribution is 5.82. The van der Waals surface area contributed by atoms with Gasteiger partial charge in [-0.3, -0.25) is 9.69 Å². The monoisotopic (exact) mass is 231 g/mol. The number of benzene rings is 1. The molecule has 0 spiro atoms. The molecule has 0 aliphatic heterocycles. The molecule has 0 bridgehead atoms. The normalized spacial score (nSPS) is 22.8. The van der Waals surface area contributed by atoms with Crippen LogP contribution in [0.2, 0.25) is 0 Å². The number of hydrogen-bond donors (Lipinski definition) is 0. The largest absolute Gasteiger partial charge is 0.299 e. The smallest absolute Gasteiger partial charge is 0.151 e. The Morgan fingerprint density at radius 1 is 1.35 bits per heavy atom. The SMILES string of the molecule is CC1CC1CN(C)CC(=O)Cc1ccccc1. The van der Waals surface area contributed by atoms with Crippen LogP contribution in [-0.4, -0.2) is 30.8 Å². The Balaban J connectivity index is 1.73. The third kappa shape index (κ3) is 3.97. The van der Waals surface area contributed by atoms with E-state index in [2.05, 4.69) is 11.8 Å². The van der Waals surface area contributed by atoms with E-state index in [0.29, 0.717) is 18.7 Å². The van der Waals surface area contributed by atoms with Gasteiger partial charge in [-0.15, -0.1) is 0 Å². The van der Waals surface area contributed by atoms with Gasteiger partial charge < -0.3 is 0 Å². The molecule has 0 aromatic heterocycles. The first-order chi connectivity index (χ1) is 8.15. The summed E-state index contributed by atoms with van der Waals surface area (Å²) in [5.74, 6) is 2.00. The molecule has 2 atom stereocenters. The molecule has 1 saturated carbocycles. The van der Waals surface area contributed by atoms with Crippen molar-refractivity contribution in [3.05, 3.63) is 35.9 Å². The van der Waals surface area contributed by atoms with Crippen molar-refractivity contribution in [1.29, 1.82) is 0 Å². The van der Waals surface area contributed by atoms with E-state index in [9.17, 15) is 4.79 Å². The predicted octanol–water partition coefficient (Wildman–Crippen LogP) is 2.39. The van der Waals surface area contributed by atoms with Crippen LogP contribution in [0, 0.1) is 11.8 Å². The van der Waals surface area contributed by atoms with Gasteiger partial charge in [0, 0.05) is 13.0 Å². The fraction of sp³-hybridized carbons (Fsp3) is 0.533. The van der Waals surface area contributed by atoms with E-state index in [1.54, 1.807) is 0 Å². The van der Waals surface area contributed by atoms with Crippen LogP contribution in [0.15, 0.2) is 30.3 Å². The molecule has 1 aliphatic rings. The lowest BCUT2D eigenvalue weighted by Gasteiger charge is -2.15. The summed E-state index contributed by atoms with van der Waals surface area (Å²) in [6.45, 7) is 3.93. The van der Waals surface area contributed by atoms with E-state index in [1.807, 2.05) is 37.4 Å². The minimum atomic E-state index is 0.312. The van der Waals surface area contributed by atoms with Crippen molar-refractivity contribution < 1.29 is 4.79 Å². The van der Waals surface area contributed by atoms with Crippen LogP contribution in [0.5, 0.6) is 0 Å². The molecular weight excluding hydrogens is 210 g/mol. The molecule has 0 N–H and O–H groups in total. The van der Waals surface area contributed by atoms with Gasteiger partial charge in [0.25, 0.3) is 0 Å². The molecule has 0 radical (unpaired) electrons. The van der Waals surface area contributed by atoms with Gasteiger partial charge >= 0.3 is 0 Å². The van der Waals surface area contributed by atoms with E-state index in [1.165, 1.54) is 6.42 Å². The van der Waals surface area contributed by atoms with Gasteiger partial charge in [-0.25, -0.2) is 0 Å². The summed E-state index contributed by atoms with van der Waals surface area (Å²) in [7, 11) is 2.05. The molecule has 0 saturated heterocycles. The molecular formula is C15H21NO. The van der Waals surface area contributed by atoms with Crippen LogP contribution in [-0.2, 0) is 11.2 Å². The predicted molar refractivity (Wildman–Crippen MR) is 69.9 cm³/mol. The van der Waals surface area contributed by atoms with Crippen LogP contribution in [0.3, 0.4) is 0 Å². The molecule has 2 nitrogen and oxygen atoms in total. The second-order valence-electron chi connectivity index (χ2n) is 5.37. The summed E-state index contributed by atoms with van der Waals surface area (Å²) >= 11 is 0. The van der Waals surface area contributed by atoms with Crippen molar-refractivity contribution in [1.82, 2.24) is 4.90 Å². The number of nitrogens with zero attached hydrogens (tertiary/aromatic N) is 1. The quantitative estimate of drug-likeness (QED) is 0.749. The molecule has 1 aromatic rings. The average molecular weight is 231 g/mol. The Labute approximate surface area is 104 Å². The molecule has 1 aromatic carbocycles. The molecule has 2 rings (SSSR count). The highest BCUT2D eigenvalue weighted by Crippen LogP contribution is 2.37. The Hall–Kier alpha value is -1.15. The van der Waals surface area contributed by atoms with Gasteiger partial charge in [-0.2, -0.15) is 0 Å². The zero-order valence-electron chi connectivity index (χ0n) is 10.7. The Bertz CT molecular complexity index is 374. The zero-order chi connectivity index (χ0) is 12.3. The van der Waals surface area contributed by atoms with Gasteiger partial charge in [0.05, 0.1) is 6.54 Å². The Morgan fingerprint density at radius 3 is 2.59 bits per heavy atom. The molecule has 92 valence electrons. The topological polar surface area (TPSA) is 20.3 Å². The van der Waals surface area contributed by atoms with Gasteiger partial charge in [-0.05, 0) is 30.9 Å². The van der Waals surface area contributed by atoms with Crippen molar-refractivity contribution >= 4 is 5.78 Å². The van der Waals surface area contributed by atoms with E-state index in [4.69, 9.17) is 0 Å². The average Bonchev–Trinajstić information content (AvgIpc) is 2.94. The molecule has 0 heterocycles. The third-order valence-corrected chi connectivity index (χ3v) is 3.51. The summed E-state index contributed by atoms with van der Waals surface area (Å²) in [5.41, 5.74) is 1.12. The van der Waals surface area contributed by atoms with E-state index in [-0.39, 0.29) is 0 Å². The van der Waals surface area contributed by atoms with Crippen molar-refractivity contribution in [2.45, 2.75) is 19.8 Å². The first-order valence-corrected chi connectivity index (χ1v) is 6.39. The number of hydrogen-bond acceptors (Lipinski definition) is 2.